The zero-order chi connectivity index (χ0) is 20.3. The number of sulfone groups is 1. The predicted octanol–water partition coefficient (Wildman–Crippen LogP) is 3.05. The molecule has 2 N–H and O–H groups in total. The zero-order valence-corrected chi connectivity index (χ0v) is 17.7. The number of carbonyl (C=O) groups excluding carboxylic acids is 2. The maximum absolute atomic E-state index is 12.7. The van der Waals surface area contributed by atoms with Gasteiger partial charge in [-0.1, -0.05) is 46.3 Å². The van der Waals surface area contributed by atoms with Crippen LogP contribution in [0, 0.1) is 0 Å². The van der Waals surface area contributed by atoms with Crippen molar-refractivity contribution in [2.45, 2.75) is 36.7 Å². The summed E-state index contributed by atoms with van der Waals surface area (Å²) < 4.78 is 25.4. The standard InChI is InChI=1S/C20H21BrN2O4S/c1-13(24)22-18(14-6-8-15(21)9-7-14)12-20(25)23-17-10-11-28(26,27)19-5-3-2-4-16(17)19/h2-9,17-18H,10-12H2,1H3,(H,22,24)(H,23,25). The number of fused-ring (bicyclic) bond motifs is 1. The Morgan fingerprint density at radius 3 is 2.50 bits per heavy atom. The van der Waals surface area contributed by atoms with Crippen molar-refractivity contribution < 1.29 is 18.0 Å². The topological polar surface area (TPSA) is 92.3 Å². The molecule has 2 aromatic carbocycles. The second-order valence-corrected chi connectivity index (χ2v) is 9.77. The second-order valence-electron chi connectivity index (χ2n) is 6.77. The minimum atomic E-state index is -3.31. The Labute approximate surface area is 172 Å². The lowest BCUT2D eigenvalue weighted by Crippen LogP contribution is -2.37. The van der Waals surface area contributed by atoms with Crippen LogP contribution in [0.15, 0.2) is 57.9 Å². The van der Waals surface area contributed by atoms with Crippen LogP contribution in [0.4, 0.5) is 0 Å². The maximum Gasteiger partial charge on any atom is 0.222 e. The molecule has 0 fully saturated rings. The third kappa shape index (κ3) is 4.80. The van der Waals surface area contributed by atoms with Gasteiger partial charge >= 0.3 is 0 Å². The molecular formula is C20H21BrN2O4S. The normalized spacial score (nSPS) is 18.6. The molecule has 0 aliphatic carbocycles. The number of amides is 2. The number of halogens is 1. The summed E-state index contributed by atoms with van der Waals surface area (Å²) in [5.41, 5.74) is 1.43. The Hall–Kier alpha value is -2.19. The van der Waals surface area contributed by atoms with Gasteiger partial charge in [-0.15, -0.1) is 0 Å². The van der Waals surface area contributed by atoms with Crippen LogP contribution in [0.5, 0.6) is 0 Å². The Kier molecular flexibility index (Phi) is 6.20. The first-order valence-corrected chi connectivity index (χ1v) is 11.3. The lowest BCUT2D eigenvalue weighted by Gasteiger charge is -2.27. The van der Waals surface area contributed by atoms with Crippen LogP contribution in [0.25, 0.3) is 0 Å². The molecular weight excluding hydrogens is 444 g/mol. The molecule has 28 heavy (non-hydrogen) atoms. The van der Waals surface area contributed by atoms with Crippen molar-refractivity contribution in [1.82, 2.24) is 10.6 Å². The van der Waals surface area contributed by atoms with Crippen molar-refractivity contribution in [3.8, 4) is 0 Å². The van der Waals surface area contributed by atoms with Gasteiger partial charge in [0.2, 0.25) is 11.8 Å². The van der Waals surface area contributed by atoms with Crippen molar-refractivity contribution in [3.05, 3.63) is 64.1 Å². The van der Waals surface area contributed by atoms with Gasteiger partial charge in [0.15, 0.2) is 9.84 Å². The molecule has 1 heterocycles. The highest BCUT2D eigenvalue weighted by Gasteiger charge is 2.31. The number of rotatable bonds is 5. The van der Waals surface area contributed by atoms with Crippen molar-refractivity contribution in [2.24, 2.45) is 0 Å². The fraction of sp³-hybridized carbons (Fsp3) is 0.300. The van der Waals surface area contributed by atoms with E-state index in [9.17, 15) is 18.0 Å². The van der Waals surface area contributed by atoms with E-state index in [-0.39, 0.29) is 34.9 Å². The van der Waals surface area contributed by atoms with E-state index in [1.807, 2.05) is 24.3 Å². The van der Waals surface area contributed by atoms with Crippen LogP contribution in [-0.2, 0) is 19.4 Å². The molecule has 2 aromatic rings. The van der Waals surface area contributed by atoms with Crippen molar-refractivity contribution in [3.63, 3.8) is 0 Å². The van der Waals surface area contributed by atoms with Gasteiger partial charge in [-0.2, -0.15) is 0 Å². The molecule has 1 aliphatic heterocycles. The molecule has 0 radical (unpaired) electrons. The highest BCUT2D eigenvalue weighted by atomic mass is 79.9. The lowest BCUT2D eigenvalue weighted by atomic mass is 10.0. The quantitative estimate of drug-likeness (QED) is 0.710. The van der Waals surface area contributed by atoms with Gasteiger partial charge in [-0.3, -0.25) is 9.59 Å². The van der Waals surface area contributed by atoms with E-state index in [4.69, 9.17) is 0 Å². The lowest BCUT2D eigenvalue weighted by molar-refractivity contribution is -0.123. The van der Waals surface area contributed by atoms with E-state index >= 15 is 0 Å². The fourth-order valence-electron chi connectivity index (χ4n) is 3.37. The third-order valence-electron chi connectivity index (χ3n) is 4.68. The number of nitrogens with one attached hydrogen (secondary N) is 2. The summed E-state index contributed by atoms with van der Waals surface area (Å²) >= 11 is 3.37. The highest BCUT2D eigenvalue weighted by Crippen LogP contribution is 2.32. The molecule has 6 nitrogen and oxygen atoms in total. The predicted molar refractivity (Wildman–Crippen MR) is 109 cm³/mol. The monoisotopic (exact) mass is 464 g/mol. The summed E-state index contributed by atoms with van der Waals surface area (Å²) in [7, 11) is -3.31. The van der Waals surface area contributed by atoms with Gasteiger partial charge in [-0.05, 0) is 35.7 Å². The molecule has 2 amide bonds. The number of benzene rings is 2. The van der Waals surface area contributed by atoms with Gasteiger partial charge in [-0.25, -0.2) is 8.42 Å². The van der Waals surface area contributed by atoms with Gasteiger partial charge < -0.3 is 10.6 Å². The van der Waals surface area contributed by atoms with E-state index in [1.54, 1.807) is 24.3 Å². The van der Waals surface area contributed by atoms with Gasteiger partial charge in [0.25, 0.3) is 0 Å². The van der Waals surface area contributed by atoms with Crippen LogP contribution < -0.4 is 10.6 Å². The third-order valence-corrected chi connectivity index (χ3v) is 7.02. The van der Waals surface area contributed by atoms with E-state index < -0.39 is 15.9 Å². The van der Waals surface area contributed by atoms with E-state index in [1.165, 1.54) is 6.92 Å². The molecule has 3 rings (SSSR count). The first kappa shape index (κ1) is 20.5. The zero-order valence-electron chi connectivity index (χ0n) is 15.3. The SMILES string of the molecule is CC(=O)NC(CC(=O)NC1CCS(=O)(=O)c2ccccc21)c1ccc(Br)cc1. The Morgan fingerprint density at radius 1 is 1.14 bits per heavy atom. The van der Waals surface area contributed by atoms with E-state index in [2.05, 4.69) is 26.6 Å². The Balaban J connectivity index is 1.76. The molecule has 1 aliphatic rings. The first-order valence-electron chi connectivity index (χ1n) is 8.90. The summed E-state index contributed by atoms with van der Waals surface area (Å²) in [4.78, 5) is 24.6. The molecule has 0 aromatic heterocycles. The molecule has 0 bridgehead atoms. The van der Waals surface area contributed by atoms with Gasteiger partial charge in [0, 0.05) is 11.4 Å². The van der Waals surface area contributed by atoms with E-state index in [0.717, 1.165) is 10.0 Å². The highest BCUT2D eigenvalue weighted by molar-refractivity contribution is 9.10. The summed E-state index contributed by atoms with van der Waals surface area (Å²) in [5, 5.41) is 5.74. The van der Waals surface area contributed by atoms with Crippen LogP contribution in [-0.4, -0.2) is 26.0 Å². The summed E-state index contributed by atoms with van der Waals surface area (Å²) in [6, 6.07) is 13.3. The second kappa shape index (κ2) is 8.45. The molecule has 2 atom stereocenters. The molecule has 0 saturated heterocycles. The maximum atomic E-state index is 12.7. The van der Waals surface area contributed by atoms with Crippen LogP contribution in [0.3, 0.4) is 0 Å². The Bertz CT molecular complexity index is 990. The molecule has 148 valence electrons. The van der Waals surface area contributed by atoms with Crippen LogP contribution >= 0.6 is 15.9 Å². The number of carbonyl (C=O) groups is 2. The van der Waals surface area contributed by atoms with Crippen LogP contribution in [0.1, 0.15) is 43.0 Å². The first-order chi connectivity index (χ1) is 13.3. The van der Waals surface area contributed by atoms with Crippen LogP contribution in [0.2, 0.25) is 0 Å². The largest absolute Gasteiger partial charge is 0.349 e. The average Bonchev–Trinajstić information content (AvgIpc) is 2.64. The Morgan fingerprint density at radius 2 is 1.82 bits per heavy atom. The van der Waals surface area contributed by atoms with Crippen molar-refractivity contribution >= 4 is 37.6 Å². The average molecular weight is 465 g/mol. The van der Waals surface area contributed by atoms with E-state index in [0.29, 0.717) is 12.0 Å². The minimum Gasteiger partial charge on any atom is -0.349 e. The fourth-order valence-corrected chi connectivity index (χ4v) is 5.26. The molecule has 0 spiro atoms. The van der Waals surface area contributed by atoms with Crippen molar-refractivity contribution in [2.75, 3.05) is 5.75 Å². The number of hydrogen-bond acceptors (Lipinski definition) is 4. The summed E-state index contributed by atoms with van der Waals surface area (Å²) in [5.74, 6) is -0.479. The number of hydrogen-bond donors (Lipinski definition) is 2. The minimum absolute atomic E-state index is 0.00318. The summed E-state index contributed by atoms with van der Waals surface area (Å²) in [6.45, 7) is 1.41. The van der Waals surface area contributed by atoms with Gasteiger partial charge in [0.05, 0.1) is 29.2 Å². The molecule has 2 unspecified atom stereocenters. The molecule has 0 saturated carbocycles. The van der Waals surface area contributed by atoms with Gasteiger partial charge in [0.1, 0.15) is 0 Å². The summed E-state index contributed by atoms with van der Waals surface area (Å²) in [6.07, 6.45) is 0.390. The smallest absolute Gasteiger partial charge is 0.222 e. The molecule has 8 heteroatoms. The van der Waals surface area contributed by atoms with Crippen molar-refractivity contribution in [1.29, 1.82) is 0 Å².